The van der Waals surface area contributed by atoms with Crippen LogP contribution in [-0.2, 0) is 0 Å². The number of hydrogen-bond donors (Lipinski definition) is 2. The third kappa shape index (κ3) is 0.748. The summed E-state index contributed by atoms with van der Waals surface area (Å²) < 4.78 is 0. The van der Waals surface area contributed by atoms with E-state index in [4.69, 9.17) is 0 Å². The zero-order valence-corrected chi connectivity index (χ0v) is 6.20. The van der Waals surface area contributed by atoms with Crippen molar-refractivity contribution < 1.29 is 0 Å². The van der Waals surface area contributed by atoms with Crippen LogP contribution in [0.3, 0.4) is 0 Å². The highest BCUT2D eigenvalue weighted by molar-refractivity contribution is 7.97. The molecular weight excluding hydrogens is 148 g/mol. The van der Waals surface area contributed by atoms with E-state index in [1.165, 1.54) is 11.9 Å². The Morgan fingerprint density at radius 1 is 1.50 bits per heavy atom. The molecule has 2 rings (SSSR count). The number of hydrogen-bond acceptors (Lipinski definition) is 5. The largest absolute Gasteiger partial charge is 0.307 e. The molecule has 1 aromatic heterocycles. The Kier molecular flexibility index (Phi) is 1.25. The van der Waals surface area contributed by atoms with Crippen LogP contribution >= 0.6 is 11.9 Å². The van der Waals surface area contributed by atoms with E-state index in [1.807, 2.05) is 6.92 Å². The Morgan fingerprint density at radius 2 is 2.40 bits per heavy atom. The molecule has 0 unspecified atom stereocenters. The van der Waals surface area contributed by atoms with Crippen LogP contribution in [0, 0.1) is 6.92 Å². The monoisotopic (exact) mass is 154 g/mol. The minimum absolute atomic E-state index is 0.965. The number of fused-ring (bicyclic) bond motifs is 1. The minimum atomic E-state index is 0.965. The predicted molar refractivity (Wildman–Crippen MR) is 39.4 cm³/mol. The van der Waals surface area contributed by atoms with Crippen molar-refractivity contribution in [3.8, 4) is 0 Å². The van der Waals surface area contributed by atoms with Gasteiger partial charge in [-0.1, -0.05) is 0 Å². The third-order valence-corrected chi connectivity index (χ3v) is 2.03. The first-order chi connectivity index (χ1) is 4.88. The molecule has 4 nitrogen and oxygen atoms in total. The molecule has 0 aromatic carbocycles. The van der Waals surface area contributed by atoms with Crippen LogP contribution in [0.25, 0.3) is 0 Å². The first-order valence-corrected chi connectivity index (χ1v) is 3.69. The lowest BCUT2D eigenvalue weighted by Crippen LogP contribution is -2.05. The summed E-state index contributed by atoms with van der Waals surface area (Å²) in [5.74, 6) is 0. The van der Waals surface area contributed by atoms with Crippen molar-refractivity contribution in [2.75, 3.05) is 5.43 Å². The van der Waals surface area contributed by atoms with Gasteiger partial charge in [-0.3, -0.25) is 0 Å². The van der Waals surface area contributed by atoms with Crippen molar-refractivity contribution >= 4 is 17.6 Å². The van der Waals surface area contributed by atoms with Crippen LogP contribution in [-0.4, -0.2) is 9.97 Å². The van der Waals surface area contributed by atoms with Gasteiger partial charge in [0, 0.05) is 0 Å². The van der Waals surface area contributed by atoms with Gasteiger partial charge in [0.25, 0.3) is 0 Å². The van der Waals surface area contributed by atoms with E-state index in [0.717, 1.165) is 16.4 Å². The van der Waals surface area contributed by atoms with Gasteiger partial charge in [-0.05, 0) is 18.9 Å². The van der Waals surface area contributed by atoms with Crippen molar-refractivity contribution in [1.29, 1.82) is 0 Å². The predicted octanol–water partition coefficient (Wildman–Crippen LogP) is 0.722. The van der Waals surface area contributed by atoms with Gasteiger partial charge < -0.3 is 5.43 Å². The molecule has 2 N–H and O–H groups in total. The summed E-state index contributed by atoms with van der Waals surface area (Å²) in [4.78, 5) is 11.0. The molecule has 0 fully saturated rings. The summed E-state index contributed by atoms with van der Waals surface area (Å²) in [6.45, 7) is 1.95. The van der Waals surface area contributed by atoms with Gasteiger partial charge >= 0.3 is 0 Å². The number of aromatic nitrogens is 2. The van der Waals surface area contributed by atoms with Crippen LogP contribution in [0.5, 0.6) is 0 Å². The maximum atomic E-state index is 4.05. The quantitative estimate of drug-likeness (QED) is 0.426. The molecule has 0 radical (unpaired) electrons. The van der Waals surface area contributed by atoms with Gasteiger partial charge in [-0.15, -0.1) is 0 Å². The Labute approximate surface area is 62.6 Å². The van der Waals surface area contributed by atoms with Crippen LogP contribution < -0.4 is 10.3 Å². The highest BCUT2D eigenvalue weighted by Gasteiger charge is 2.13. The standard InChI is InChI=1S/C5H6N4S/c1-3-4-5(7-2-6-3)10-9-8-4/h2,8-9H,1H3. The van der Waals surface area contributed by atoms with Crippen LogP contribution in [0.4, 0.5) is 5.69 Å². The van der Waals surface area contributed by atoms with E-state index in [1.54, 1.807) is 6.33 Å². The zero-order valence-electron chi connectivity index (χ0n) is 5.38. The number of nitrogens with one attached hydrogen (secondary N) is 2. The first kappa shape index (κ1) is 5.94. The molecule has 1 aliphatic rings. The molecule has 2 heterocycles. The summed E-state index contributed by atoms with van der Waals surface area (Å²) in [5.41, 5.74) is 4.92. The average molecular weight is 154 g/mol. The summed E-state index contributed by atoms with van der Waals surface area (Å²) >= 11 is 1.47. The summed E-state index contributed by atoms with van der Waals surface area (Å²) in [5, 5.41) is 0.965. The number of hydrazine groups is 1. The fourth-order valence-electron chi connectivity index (χ4n) is 0.798. The van der Waals surface area contributed by atoms with Crippen molar-refractivity contribution in [2.45, 2.75) is 11.9 Å². The lowest BCUT2D eigenvalue weighted by Gasteiger charge is -1.97. The van der Waals surface area contributed by atoms with Gasteiger partial charge in [0.2, 0.25) is 0 Å². The summed E-state index contributed by atoms with van der Waals surface area (Å²) in [7, 11) is 0. The Hall–Kier alpha value is -0.810. The molecule has 1 aromatic rings. The van der Waals surface area contributed by atoms with Crippen LogP contribution in [0.2, 0.25) is 0 Å². The second-order valence-corrected chi connectivity index (χ2v) is 2.76. The molecule has 52 valence electrons. The van der Waals surface area contributed by atoms with Crippen LogP contribution in [0.15, 0.2) is 11.4 Å². The van der Waals surface area contributed by atoms with E-state index in [2.05, 4.69) is 20.2 Å². The van der Waals surface area contributed by atoms with Crippen LogP contribution in [0.1, 0.15) is 5.69 Å². The van der Waals surface area contributed by atoms with Gasteiger partial charge in [0.05, 0.1) is 5.69 Å². The van der Waals surface area contributed by atoms with Gasteiger partial charge in [-0.2, -0.15) is 4.83 Å². The molecule has 1 aliphatic heterocycles. The lowest BCUT2D eigenvalue weighted by atomic mass is 10.4. The lowest BCUT2D eigenvalue weighted by molar-refractivity contribution is 1.02. The Balaban J connectivity index is 2.59. The molecule has 0 amide bonds. The van der Waals surface area contributed by atoms with Crippen molar-refractivity contribution in [1.82, 2.24) is 14.8 Å². The van der Waals surface area contributed by atoms with E-state index in [0.29, 0.717) is 0 Å². The molecule has 0 spiro atoms. The molecule has 0 saturated carbocycles. The molecule has 0 bridgehead atoms. The number of aryl methyl sites for hydroxylation is 1. The second kappa shape index (κ2) is 2.10. The van der Waals surface area contributed by atoms with E-state index >= 15 is 0 Å². The number of anilines is 1. The smallest absolute Gasteiger partial charge is 0.141 e. The molecule has 5 heteroatoms. The van der Waals surface area contributed by atoms with Gasteiger partial charge in [0.15, 0.2) is 0 Å². The first-order valence-electron chi connectivity index (χ1n) is 2.87. The average Bonchev–Trinajstić information content (AvgIpc) is 2.36. The SMILES string of the molecule is Cc1ncnc2c1NNS2. The molecule has 10 heavy (non-hydrogen) atoms. The number of nitrogens with zero attached hydrogens (tertiary/aromatic N) is 2. The van der Waals surface area contributed by atoms with Crippen molar-refractivity contribution in [3.63, 3.8) is 0 Å². The summed E-state index contributed by atoms with van der Waals surface area (Å²) in [6.07, 6.45) is 1.57. The highest BCUT2D eigenvalue weighted by Crippen LogP contribution is 2.28. The van der Waals surface area contributed by atoms with Gasteiger partial charge in [0.1, 0.15) is 17.0 Å². The number of rotatable bonds is 0. The van der Waals surface area contributed by atoms with E-state index < -0.39 is 0 Å². The summed E-state index contributed by atoms with van der Waals surface area (Å²) in [6, 6.07) is 0. The molecule has 0 atom stereocenters. The fraction of sp³-hybridized carbons (Fsp3) is 0.200. The normalized spacial score (nSPS) is 14.5. The fourth-order valence-corrected chi connectivity index (χ4v) is 1.45. The van der Waals surface area contributed by atoms with E-state index in [9.17, 15) is 0 Å². The Bertz CT molecular complexity index is 262. The van der Waals surface area contributed by atoms with Gasteiger partial charge in [-0.25, -0.2) is 9.97 Å². The molecule has 0 aliphatic carbocycles. The van der Waals surface area contributed by atoms with Crippen molar-refractivity contribution in [3.05, 3.63) is 12.0 Å². The molecular formula is C5H6N4S. The maximum Gasteiger partial charge on any atom is 0.141 e. The van der Waals surface area contributed by atoms with Crippen molar-refractivity contribution in [2.24, 2.45) is 0 Å². The minimum Gasteiger partial charge on any atom is -0.307 e. The van der Waals surface area contributed by atoms with E-state index in [-0.39, 0.29) is 0 Å². The maximum absolute atomic E-state index is 4.05. The zero-order chi connectivity index (χ0) is 6.97. The third-order valence-electron chi connectivity index (χ3n) is 1.33. The second-order valence-electron chi connectivity index (χ2n) is 1.97. The Morgan fingerprint density at radius 3 is 3.20 bits per heavy atom. The highest BCUT2D eigenvalue weighted by atomic mass is 32.2. The topological polar surface area (TPSA) is 49.8 Å². The molecule has 0 saturated heterocycles.